The molecule has 1 aliphatic carbocycles. The highest BCUT2D eigenvalue weighted by Gasteiger charge is 2.25. The van der Waals surface area contributed by atoms with Crippen LogP contribution in [0.1, 0.15) is 36.0 Å². The van der Waals surface area contributed by atoms with Crippen molar-refractivity contribution in [1.29, 1.82) is 0 Å². The third kappa shape index (κ3) is 6.12. The minimum absolute atomic E-state index is 0. The van der Waals surface area contributed by atoms with Gasteiger partial charge in [0, 0.05) is 16.1 Å². The lowest BCUT2D eigenvalue weighted by Crippen LogP contribution is -2.48. The van der Waals surface area contributed by atoms with Gasteiger partial charge in [0.15, 0.2) is 0 Å². The van der Waals surface area contributed by atoms with Crippen molar-refractivity contribution in [2.45, 2.75) is 31.7 Å². The fourth-order valence-electron chi connectivity index (χ4n) is 2.83. The van der Waals surface area contributed by atoms with Gasteiger partial charge in [0.2, 0.25) is 5.91 Å². The zero-order valence-corrected chi connectivity index (χ0v) is 15.3. The van der Waals surface area contributed by atoms with E-state index < -0.39 is 0 Å². The lowest BCUT2D eigenvalue weighted by Gasteiger charge is -2.31. The van der Waals surface area contributed by atoms with Gasteiger partial charge in [-0.05, 0) is 43.5 Å². The number of benzene rings is 1. The SMILES string of the molecule is Cl.NCC1CCCCC1NC(=O)CNC(=O)c1cccc(Br)c1. The summed E-state index contributed by atoms with van der Waals surface area (Å²) in [6.07, 6.45) is 4.32. The largest absolute Gasteiger partial charge is 0.352 e. The summed E-state index contributed by atoms with van der Waals surface area (Å²) in [4.78, 5) is 24.0. The number of nitrogens with one attached hydrogen (secondary N) is 2. The second-order valence-corrected chi connectivity index (χ2v) is 6.56. The van der Waals surface area contributed by atoms with E-state index in [0.717, 1.165) is 23.7 Å². The Morgan fingerprint density at radius 1 is 1.26 bits per heavy atom. The first-order valence-electron chi connectivity index (χ1n) is 7.63. The first-order chi connectivity index (χ1) is 10.6. The molecule has 1 saturated carbocycles. The highest BCUT2D eigenvalue weighted by Crippen LogP contribution is 2.23. The molecule has 1 aromatic rings. The van der Waals surface area contributed by atoms with Gasteiger partial charge in [0.1, 0.15) is 0 Å². The molecule has 2 rings (SSSR count). The summed E-state index contributed by atoms with van der Waals surface area (Å²) < 4.78 is 0.831. The second kappa shape index (κ2) is 9.90. The summed E-state index contributed by atoms with van der Waals surface area (Å²) in [6.45, 7) is 0.578. The van der Waals surface area contributed by atoms with E-state index in [1.165, 1.54) is 6.42 Å². The number of halogens is 2. The van der Waals surface area contributed by atoms with Gasteiger partial charge in [-0.2, -0.15) is 0 Å². The molecule has 0 spiro atoms. The molecule has 7 heteroatoms. The molecule has 23 heavy (non-hydrogen) atoms. The molecule has 5 nitrogen and oxygen atoms in total. The molecule has 0 aromatic heterocycles. The molecule has 1 fully saturated rings. The molecule has 2 atom stereocenters. The highest BCUT2D eigenvalue weighted by atomic mass is 79.9. The maximum absolute atomic E-state index is 12.0. The normalized spacial score (nSPS) is 20.3. The van der Waals surface area contributed by atoms with Crippen LogP contribution < -0.4 is 16.4 Å². The first kappa shape index (κ1) is 19.9. The van der Waals surface area contributed by atoms with Crippen LogP contribution in [0.15, 0.2) is 28.7 Å². The van der Waals surface area contributed by atoms with Crippen molar-refractivity contribution in [2.75, 3.05) is 13.1 Å². The summed E-state index contributed by atoms with van der Waals surface area (Å²) in [5.41, 5.74) is 6.28. The Labute approximate surface area is 151 Å². The number of carbonyl (C=O) groups is 2. The van der Waals surface area contributed by atoms with Gasteiger partial charge in [-0.3, -0.25) is 9.59 Å². The first-order valence-corrected chi connectivity index (χ1v) is 8.42. The number of hydrogen-bond acceptors (Lipinski definition) is 3. The Bertz CT molecular complexity index is 542. The van der Waals surface area contributed by atoms with E-state index in [1.54, 1.807) is 18.2 Å². The molecule has 0 heterocycles. The molecule has 4 N–H and O–H groups in total. The fraction of sp³-hybridized carbons (Fsp3) is 0.500. The van der Waals surface area contributed by atoms with E-state index in [9.17, 15) is 9.59 Å². The van der Waals surface area contributed by atoms with E-state index >= 15 is 0 Å². The van der Waals surface area contributed by atoms with E-state index in [0.29, 0.717) is 18.0 Å². The predicted molar refractivity (Wildman–Crippen MR) is 96.7 cm³/mol. The minimum Gasteiger partial charge on any atom is -0.352 e. The molecule has 0 aliphatic heterocycles. The van der Waals surface area contributed by atoms with Crippen molar-refractivity contribution in [3.63, 3.8) is 0 Å². The molecule has 0 saturated heterocycles. The second-order valence-electron chi connectivity index (χ2n) is 5.65. The summed E-state index contributed by atoms with van der Waals surface area (Å²) in [5.74, 6) is -0.0670. The number of carbonyl (C=O) groups excluding carboxylic acids is 2. The standard InChI is InChI=1S/C16H22BrN3O2.ClH/c17-13-6-3-5-11(8-13)16(22)19-10-15(21)20-14-7-2-1-4-12(14)9-18;/h3,5-6,8,12,14H,1-2,4,7,9-10,18H2,(H,19,22)(H,20,21);1H. The van der Waals surface area contributed by atoms with E-state index in [2.05, 4.69) is 26.6 Å². The zero-order chi connectivity index (χ0) is 15.9. The minimum atomic E-state index is -0.254. The van der Waals surface area contributed by atoms with Crippen molar-refractivity contribution in [3.05, 3.63) is 34.3 Å². The van der Waals surface area contributed by atoms with Gasteiger partial charge in [-0.15, -0.1) is 12.4 Å². The van der Waals surface area contributed by atoms with Gasteiger partial charge < -0.3 is 16.4 Å². The summed E-state index contributed by atoms with van der Waals surface area (Å²) in [6, 6.07) is 7.20. The van der Waals surface area contributed by atoms with Crippen LogP contribution in [0.3, 0.4) is 0 Å². The topological polar surface area (TPSA) is 84.2 Å². The van der Waals surface area contributed by atoms with Gasteiger partial charge >= 0.3 is 0 Å². The molecule has 1 aromatic carbocycles. The smallest absolute Gasteiger partial charge is 0.251 e. The van der Waals surface area contributed by atoms with Gasteiger partial charge in [-0.25, -0.2) is 0 Å². The monoisotopic (exact) mass is 403 g/mol. The van der Waals surface area contributed by atoms with Crippen LogP contribution in [0.2, 0.25) is 0 Å². The van der Waals surface area contributed by atoms with Crippen LogP contribution in [0.5, 0.6) is 0 Å². The summed E-state index contributed by atoms with van der Waals surface area (Å²) >= 11 is 3.32. The Balaban J connectivity index is 0.00000264. The maximum Gasteiger partial charge on any atom is 0.251 e. The van der Waals surface area contributed by atoms with Crippen LogP contribution in [0.25, 0.3) is 0 Å². The highest BCUT2D eigenvalue weighted by molar-refractivity contribution is 9.10. The van der Waals surface area contributed by atoms with Crippen molar-refractivity contribution in [2.24, 2.45) is 11.7 Å². The molecular weight excluding hydrogens is 382 g/mol. The number of nitrogens with two attached hydrogens (primary N) is 1. The third-order valence-electron chi connectivity index (χ3n) is 4.05. The van der Waals surface area contributed by atoms with Crippen molar-refractivity contribution in [3.8, 4) is 0 Å². The maximum atomic E-state index is 12.0. The van der Waals surface area contributed by atoms with Crippen molar-refractivity contribution in [1.82, 2.24) is 10.6 Å². The molecule has 0 bridgehead atoms. The van der Waals surface area contributed by atoms with Crippen molar-refractivity contribution >= 4 is 40.2 Å². The lowest BCUT2D eigenvalue weighted by atomic mass is 9.84. The molecule has 0 radical (unpaired) electrons. The molecule has 128 valence electrons. The van der Waals surface area contributed by atoms with E-state index in [1.807, 2.05) is 6.07 Å². The third-order valence-corrected chi connectivity index (χ3v) is 4.55. The van der Waals surface area contributed by atoms with Crippen LogP contribution in [0.4, 0.5) is 0 Å². The van der Waals surface area contributed by atoms with Crippen LogP contribution in [-0.2, 0) is 4.79 Å². The zero-order valence-electron chi connectivity index (χ0n) is 12.9. The van der Waals surface area contributed by atoms with E-state index in [4.69, 9.17) is 5.73 Å². The van der Waals surface area contributed by atoms with Crippen LogP contribution >= 0.6 is 28.3 Å². The predicted octanol–water partition coefficient (Wildman–Crippen LogP) is 2.23. The Morgan fingerprint density at radius 2 is 2.00 bits per heavy atom. The average Bonchev–Trinajstić information content (AvgIpc) is 2.53. The van der Waals surface area contributed by atoms with Crippen molar-refractivity contribution < 1.29 is 9.59 Å². The van der Waals surface area contributed by atoms with Gasteiger partial charge in [-0.1, -0.05) is 34.8 Å². The lowest BCUT2D eigenvalue weighted by molar-refractivity contribution is -0.121. The van der Waals surface area contributed by atoms with Gasteiger partial charge in [0.25, 0.3) is 5.91 Å². The average molecular weight is 405 g/mol. The summed E-state index contributed by atoms with van der Waals surface area (Å²) in [5, 5.41) is 5.64. The van der Waals surface area contributed by atoms with Crippen LogP contribution in [-0.4, -0.2) is 30.9 Å². The Kier molecular flexibility index (Phi) is 8.58. The quantitative estimate of drug-likeness (QED) is 0.703. The molecule has 1 aliphatic rings. The number of amides is 2. The molecular formula is C16H23BrClN3O2. The Hall–Kier alpha value is -1.11. The fourth-order valence-corrected chi connectivity index (χ4v) is 3.23. The van der Waals surface area contributed by atoms with Gasteiger partial charge in [0.05, 0.1) is 6.54 Å². The Morgan fingerprint density at radius 3 is 2.70 bits per heavy atom. The molecule has 2 unspecified atom stereocenters. The van der Waals surface area contributed by atoms with Crippen LogP contribution in [0, 0.1) is 5.92 Å². The number of rotatable bonds is 5. The molecule has 2 amide bonds. The summed E-state index contributed by atoms with van der Waals surface area (Å²) in [7, 11) is 0. The van der Waals surface area contributed by atoms with E-state index in [-0.39, 0.29) is 36.8 Å². The number of hydrogen-bond donors (Lipinski definition) is 3.